The molecule has 2 aromatic rings. The summed E-state index contributed by atoms with van der Waals surface area (Å²) in [6.45, 7) is 0. The quantitative estimate of drug-likeness (QED) is 0.481. The summed E-state index contributed by atoms with van der Waals surface area (Å²) < 4.78 is 0. The maximum atomic E-state index is 9.47. The van der Waals surface area contributed by atoms with E-state index in [1.807, 2.05) is 18.2 Å². The Morgan fingerprint density at radius 2 is 1.62 bits per heavy atom. The van der Waals surface area contributed by atoms with Crippen molar-refractivity contribution in [3.63, 3.8) is 0 Å². The molecule has 61 valence electrons. The summed E-state index contributed by atoms with van der Waals surface area (Å²) >= 11 is 0. The molecule has 0 spiro atoms. The topological polar surface area (TPSA) is 46.2 Å². The molecule has 0 fully saturated rings. The molecule has 3 heteroatoms. The minimum absolute atomic E-state index is 0. The number of nitrogens with two attached hydrogens (primary N) is 1. The molecule has 0 aliphatic rings. The van der Waals surface area contributed by atoms with E-state index in [1.165, 1.54) is 0 Å². The molecule has 13 heavy (non-hydrogen) atoms. The normalized spacial score (nSPS) is 9.54. The molecule has 0 atom stereocenters. The predicted molar refractivity (Wildman–Crippen MR) is 55.8 cm³/mol. The molecule has 2 nitrogen and oxygen atoms in total. The predicted octanol–water partition coefficient (Wildman–Crippen LogP) is 1.75. The Labute approximate surface area is 98.7 Å². The first kappa shape index (κ1) is 10.4. The van der Waals surface area contributed by atoms with Gasteiger partial charge in [-0.2, -0.15) is 0 Å². The minimum Gasteiger partial charge on any atom is -0.507 e. The van der Waals surface area contributed by atoms with E-state index in [2.05, 4.69) is 0 Å². The molecule has 0 unspecified atom stereocenters. The Morgan fingerprint density at radius 3 is 2.23 bits per heavy atom. The fourth-order valence-corrected chi connectivity index (χ4v) is 1.35. The van der Waals surface area contributed by atoms with Gasteiger partial charge < -0.3 is 10.8 Å². The van der Waals surface area contributed by atoms with Gasteiger partial charge in [0.15, 0.2) is 0 Å². The summed E-state index contributed by atoms with van der Waals surface area (Å²) in [6, 6.07) is 10.9. The van der Waals surface area contributed by atoms with E-state index in [9.17, 15) is 5.11 Å². The zero-order valence-electron chi connectivity index (χ0n) is 7.49. The fourth-order valence-electron chi connectivity index (χ4n) is 1.35. The first-order valence-electron chi connectivity index (χ1n) is 3.75. The van der Waals surface area contributed by atoms with Gasteiger partial charge in [-0.1, -0.05) is 24.3 Å². The zero-order chi connectivity index (χ0) is 8.55. The van der Waals surface area contributed by atoms with Gasteiger partial charge in [-0.05, 0) is 17.5 Å². The van der Waals surface area contributed by atoms with Crippen molar-refractivity contribution < 1.29 is 5.11 Å². The van der Waals surface area contributed by atoms with E-state index in [0.717, 1.165) is 10.8 Å². The van der Waals surface area contributed by atoms with Gasteiger partial charge in [-0.15, -0.1) is 0 Å². The van der Waals surface area contributed by atoms with Gasteiger partial charge in [-0.25, -0.2) is 0 Å². The third-order valence-electron chi connectivity index (χ3n) is 1.91. The first-order chi connectivity index (χ1) is 5.79. The largest absolute Gasteiger partial charge is 0.507 e. The van der Waals surface area contributed by atoms with Crippen molar-refractivity contribution in [3.05, 3.63) is 36.4 Å². The van der Waals surface area contributed by atoms with Gasteiger partial charge in [-0.3, -0.25) is 0 Å². The van der Waals surface area contributed by atoms with E-state index in [-0.39, 0.29) is 35.3 Å². The van der Waals surface area contributed by atoms with Gasteiger partial charge in [0.2, 0.25) is 0 Å². The number of hydrogen-bond donors (Lipinski definition) is 2. The molecule has 0 heterocycles. The molecule has 3 N–H and O–H groups in total. The average Bonchev–Trinajstić information content (AvgIpc) is 2.04. The van der Waals surface area contributed by atoms with Crippen molar-refractivity contribution in [1.29, 1.82) is 0 Å². The van der Waals surface area contributed by atoms with Gasteiger partial charge in [0.25, 0.3) is 0 Å². The summed E-state index contributed by atoms with van der Waals surface area (Å²) in [4.78, 5) is 0. The van der Waals surface area contributed by atoms with Crippen LogP contribution in [0.25, 0.3) is 10.8 Å². The number of hydrogen-bond acceptors (Lipinski definition) is 2. The van der Waals surface area contributed by atoms with E-state index >= 15 is 0 Å². The van der Waals surface area contributed by atoms with Crippen LogP contribution in [0.1, 0.15) is 0 Å². The maximum Gasteiger partial charge on any atom is 0.125 e. The van der Waals surface area contributed by atoms with E-state index < -0.39 is 0 Å². The second-order valence-electron chi connectivity index (χ2n) is 2.72. The van der Waals surface area contributed by atoms with Crippen LogP contribution >= 0.6 is 0 Å². The van der Waals surface area contributed by atoms with E-state index in [0.29, 0.717) is 5.69 Å². The van der Waals surface area contributed by atoms with Crippen molar-refractivity contribution in [3.8, 4) is 5.75 Å². The monoisotopic (exact) mass is 182 g/mol. The zero-order valence-corrected chi connectivity index (χ0v) is 9.49. The van der Waals surface area contributed by atoms with Gasteiger partial charge in [0, 0.05) is 40.6 Å². The van der Waals surface area contributed by atoms with Crippen molar-refractivity contribution >= 4 is 46.0 Å². The number of phenolic OH excluding ortho intramolecular Hbond substituents is 1. The Kier molecular flexibility index (Phi) is 3.20. The van der Waals surface area contributed by atoms with Crippen molar-refractivity contribution in [2.75, 3.05) is 5.73 Å². The summed E-state index contributed by atoms with van der Waals surface area (Å²) in [5, 5.41) is 11.2. The third-order valence-corrected chi connectivity index (χ3v) is 1.91. The molecule has 1 radical (unpaired) electrons. The minimum atomic E-state index is 0. The number of anilines is 1. The third kappa shape index (κ3) is 1.80. The molecule has 0 saturated carbocycles. The van der Waals surface area contributed by atoms with E-state index in [4.69, 9.17) is 5.73 Å². The standard InChI is InChI=1S/C10H9NO.Na/c11-8-5-1-3-7-4-2-6-9(12)10(7)8;/h1-6,12H,11H2;. The van der Waals surface area contributed by atoms with Crippen molar-refractivity contribution in [2.24, 2.45) is 0 Å². The molecule has 0 aliphatic carbocycles. The Balaban J connectivity index is 0.000000845. The number of fused-ring (bicyclic) bond motifs is 1. The molecule has 0 saturated heterocycles. The number of phenols is 1. The summed E-state index contributed by atoms with van der Waals surface area (Å²) in [5.41, 5.74) is 6.31. The van der Waals surface area contributed by atoms with Crippen molar-refractivity contribution in [2.45, 2.75) is 0 Å². The Morgan fingerprint density at radius 1 is 1.00 bits per heavy atom. The van der Waals surface area contributed by atoms with E-state index in [1.54, 1.807) is 18.2 Å². The summed E-state index contributed by atoms with van der Waals surface area (Å²) in [6.07, 6.45) is 0. The van der Waals surface area contributed by atoms with Crippen LogP contribution in [0.2, 0.25) is 0 Å². The smallest absolute Gasteiger partial charge is 0.125 e. The molecular formula is C10H9NNaO. The number of aromatic hydroxyl groups is 1. The molecule has 0 bridgehead atoms. The molecule has 0 aromatic heterocycles. The van der Waals surface area contributed by atoms with Crippen molar-refractivity contribution in [1.82, 2.24) is 0 Å². The molecule has 2 rings (SSSR count). The number of benzene rings is 2. The maximum absolute atomic E-state index is 9.47. The van der Waals surface area contributed by atoms with Crippen LogP contribution in [0, 0.1) is 0 Å². The molecule has 2 aromatic carbocycles. The van der Waals surface area contributed by atoms with Crippen LogP contribution in [-0.2, 0) is 0 Å². The second-order valence-corrected chi connectivity index (χ2v) is 2.72. The fraction of sp³-hybridized carbons (Fsp3) is 0. The van der Waals surface area contributed by atoms with Gasteiger partial charge >= 0.3 is 0 Å². The second kappa shape index (κ2) is 4.01. The van der Waals surface area contributed by atoms with Gasteiger partial charge in [0.05, 0.1) is 0 Å². The Bertz CT molecular complexity index is 391. The molecule has 0 aliphatic heterocycles. The van der Waals surface area contributed by atoms with Crippen LogP contribution in [0.3, 0.4) is 0 Å². The van der Waals surface area contributed by atoms with Crippen LogP contribution in [0.15, 0.2) is 36.4 Å². The molecular weight excluding hydrogens is 173 g/mol. The number of nitrogen functional groups attached to an aromatic ring is 1. The van der Waals surface area contributed by atoms with Crippen LogP contribution in [0.5, 0.6) is 5.75 Å². The number of rotatable bonds is 0. The average molecular weight is 182 g/mol. The first-order valence-corrected chi connectivity index (χ1v) is 3.75. The van der Waals surface area contributed by atoms with Crippen LogP contribution in [-0.4, -0.2) is 34.7 Å². The SMILES string of the molecule is Nc1cccc2cccc(O)c12.[Na]. The summed E-state index contributed by atoms with van der Waals surface area (Å²) in [7, 11) is 0. The van der Waals surface area contributed by atoms with Gasteiger partial charge in [0.1, 0.15) is 5.75 Å². The van der Waals surface area contributed by atoms with Crippen LogP contribution < -0.4 is 5.73 Å². The summed E-state index contributed by atoms with van der Waals surface area (Å²) in [5.74, 6) is 0.241. The van der Waals surface area contributed by atoms with Crippen LogP contribution in [0.4, 0.5) is 5.69 Å². The molecule has 0 amide bonds. The Hall–Kier alpha value is -0.700.